The van der Waals surface area contributed by atoms with Crippen molar-refractivity contribution in [1.82, 2.24) is 4.57 Å². The molecule has 0 aromatic carbocycles. The second-order valence-electron chi connectivity index (χ2n) is 6.39. The van der Waals surface area contributed by atoms with Crippen molar-refractivity contribution in [3.8, 4) is 0 Å². The van der Waals surface area contributed by atoms with Crippen molar-refractivity contribution in [3.63, 3.8) is 0 Å². The van der Waals surface area contributed by atoms with E-state index in [1.807, 2.05) is 47.6 Å². The van der Waals surface area contributed by atoms with E-state index in [1.54, 1.807) is 16.8 Å². The van der Waals surface area contributed by atoms with Gasteiger partial charge in [-0.05, 0) is 53.1 Å². The minimum atomic E-state index is -0.473. The molecule has 104 valence electrons. The fourth-order valence-electron chi connectivity index (χ4n) is 2.06. The van der Waals surface area contributed by atoms with Crippen molar-refractivity contribution in [2.24, 2.45) is 0 Å². The van der Waals surface area contributed by atoms with Gasteiger partial charge >= 0.3 is 7.12 Å². The average Bonchev–Trinajstić information content (AvgIpc) is 2.47. The van der Waals surface area contributed by atoms with E-state index in [4.69, 9.17) is 9.31 Å². The Labute approximate surface area is 114 Å². The first kappa shape index (κ1) is 14.3. The maximum absolute atomic E-state index is 12.0. The lowest BCUT2D eigenvalue weighted by Gasteiger charge is -2.32. The summed E-state index contributed by atoms with van der Waals surface area (Å²) in [5.41, 5.74) is -0.0161. The summed E-state index contributed by atoms with van der Waals surface area (Å²) in [6.45, 7) is 12.0. The number of rotatable bonds is 2. The predicted octanol–water partition coefficient (Wildman–Crippen LogP) is 1.73. The SMILES string of the molecule is CC(C)n1ccc(B2OC(C)(C)C(C)(C)O2)cc1=O. The topological polar surface area (TPSA) is 40.5 Å². The molecular weight excluding hydrogens is 241 g/mol. The summed E-state index contributed by atoms with van der Waals surface area (Å²) >= 11 is 0. The number of pyridine rings is 1. The van der Waals surface area contributed by atoms with Crippen LogP contribution in [-0.4, -0.2) is 22.9 Å². The van der Waals surface area contributed by atoms with E-state index in [-0.39, 0.29) is 22.8 Å². The molecule has 4 nitrogen and oxygen atoms in total. The Bertz CT molecular complexity index is 518. The van der Waals surface area contributed by atoms with Gasteiger partial charge in [0.2, 0.25) is 5.56 Å². The van der Waals surface area contributed by atoms with Crippen molar-refractivity contribution in [1.29, 1.82) is 0 Å². The van der Waals surface area contributed by atoms with Crippen LogP contribution in [-0.2, 0) is 9.31 Å². The Kier molecular flexibility index (Phi) is 3.39. The third-order valence-electron chi connectivity index (χ3n) is 4.05. The van der Waals surface area contributed by atoms with Gasteiger partial charge in [0.25, 0.3) is 0 Å². The van der Waals surface area contributed by atoms with Crippen LogP contribution in [0.15, 0.2) is 23.1 Å². The van der Waals surface area contributed by atoms with Gasteiger partial charge in [-0.25, -0.2) is 0 Å². The molecule has 1 saturated heterocycles. The average molecular weight is 263 g/mol. The smallest absolute Gasteiger partial charge is 0.399 e. The molecule has 0 bridgehead atoms. The highest BCUT2D eigenvalue weighted by Gasteiger charge is 2.51. The van der Waals surface area contributed by atoms with Crippen molar-refractivity contribution in [2.75, 3.05) is 0 Å². The van der Waals surface area contributed by atoms with Gasteiger partial charge in [0, 0.05) is 18.3 Å². The fraction of sp³-hybridized carbons (Fsp3) is 0.643. The number of hydrogen-bond donors (Lipinski definition) is 0. The quantitative estimate of drug-likeness (QED) is 0.763. The molecule has 0 atom stereocenters. The largest absolute Gasteiger partial charge is 0.495 e. The second-order valence-corrected chi connectivity index (χ2v) is 6.39. The molecule has 0 unspecified atom stereocenters. The summed E-state index contributed by atoms with van der Waals surface area (Å²) in [7, 11) is -0.473. The van der Waals surface area contributed by atoms with Crippen molar-refractivity contribution >= 4 is 12.6 Å². The molecule has 0 N–H and O–H groups in total. The van der Waals surface area contributed by atoms with Gasteiger partial charge in [-0.15, -0.1) is 0 Å². The molecule has 1 aliphatic heterocycles. The molecule has 1 aromatic heterocycles. The van der Waals surface area contributed by atoms with Crippen LogP contribution in [0.5, 0.6) is 0 Å². The van der Waals surface area contributed by atoms with Gasteiger partial charge in [-0.2, -0.15) is 0 Å². The summed E-state index contributed by atoms with van der Waals surface area (Å²) < 4.78 is 13.6. The molecule has 1 aromatic rings. The van der Waals surface area contributed by atoms with E-state index in [0.717, 1.165) is 5.46 Å². The van der Waals surface area contributed by atoms with Crippen LogP contribution in [0.2, 0.25) is 0 Å². The highest BCUT2D eigenvalue weighted by molar-refractivity contribution is 6.62. The lowest BCUT2D eigenvalue weighted by atomic mass is 9.80. The molecule has 0 saturated carbocycles. The predicted molar refractivity (Wildman–Crippen MR) is 76.8 cm³/mol. The zero-order valence-electron chi connectivity index (χ0n) is 12.6. The maximum Gasteiger partial charge on any atom is 0.495 e. The van der Waals surface area contributed by atoms with Crippen LogP contribution in [0.3, 0.4) is 0 Å². The normalized spacial score (nSPS) is 21.1. The highest BCUT2D eigenvalue weighted by atomic mass is 16.7. The zero-order valence-corrected chi connectivity index (χ0v) is 12.6. The minimum absolute atomic E-state index is 0.0257. The Morgan fingerprint density at radius 1 is 1.16 bits per heavy atom. The van der Waals surface area contributed by atoms with E-state index >= 15 is 0 Å². The lowest BCUT2D eigenvalue weighted by molar-refractivity contribution is 0.00578. The molecule has 0 radical (unpaired) electrons. The van der Waals surface area contributed by atoms with Crippen LogP contribution in [0.25, 0.3) is 0 Å². The molecule has 2 heterocycles. The van der Waals surface area contributed by atoms with Crippen molar-refractivity contribution in [2.45, 2.75) is 58.8 Å². The Balaban J connectivity index is 2.31. The lowest BCUT2D eigenvalue weighted by Crippen LogP contribution is -2.41. The van der Waals surface area contributed by atoms with E-state index in [1.165, 1.54) is 0 Å². The summed E-state index contributed by atoms with van der Waals surface area (Å²) in [6, 6.07) is 3.64. The van der Waals surface area contributed by atoms with Gasteiger partial charge < -0.3 is 13.9 Å². The van der Waals surface area contributed by atoms with E-state index in [2.05, 4.69) is 0 Å². The molecule has 0 aliphatic carbocycles. The van der Waals surface area contributed by atoms with Crippen LogP contribution in [0, 0.1) is 0 Å². The molecule has 5 heteroatoms. The molecule has 2 rings (SSSR count). The van der Waals surface area contributed by atoms with Gasteiger partial charge in [0.15, 0.2) is 0 Å². The molecule has 1 fully saturated rings. The Morgan fingerprint density at radius 2 is 1.68 bits per heavy atom. The van der Waals surface area contributed by atoms with Gasteiger partial charge in [-0.3, -0.25) is 4.79 Å². The van der Waals surface area contributed by atoms with Crippen molar-refractivity contribution < 1.29 is 9.31 Å². The van der Waals surface area contributed by atoms with Crippen LogP contribution >= 0.6 is 0 Å². The fourth-order valence-corrected chi connectivity index (χ4v) is 2.06. The standard InChI is InChI=1S/C14H22BNO3/c1-10(2)16-8-7-11(9-12(16)17)15-18-13(3,4)14(5,6)19-15/h7-10H,1-6H3. The molecular formula is C14H22BNO3. The van der Waals surface area contributed by atoms with E-state index < -0.39 is 7.12 Å². The van der Waals surface area contributed by atoms with Crippen LogP contribution in [0.1, 0.15) is 47.6 Å². The number of aromatic nitrogens is 1. The Hall–Kier alpha value is -1.07. The second kappa shape index (κ2) is 4.49. The summed E-state index contributed by atoms with van der Waals surface area (Å²) in [4.78, 5) is 12.0. The van der Waals surface area contributed by atoms with Gasteiger partial charge in [0.1, 0.15) is 0 Å². The molecule has 0 amide bonds. The maximum atomic E-state index is 12.0. The summed E-state index contributed by atoms with van der Waals surface area (Å²) in [5.74, 6) is 0. The van der Waals surface area contributed by atoms with E-state index in [9.17, 15) is 4.79 Å². The molecule has 1 aliphatic rings. The summed E-state index contributed by atoms with van der Waals surface area (Å²) in [6.07, 6.45) is 1.80. The zero-order chi connectivity index (χ0) is 14.4. The van der Waals surface area contributed by atoms with Crippen molar-refractivity contribution in [3.05, 3.63) is 28.7 Å². The number of hydrogen-bond acceptors (Lipinski definition) is 3. The Morgan fingerprint density at radius 3 is 2.11 bits per heavy atom. The van der Waals surface area contributed by atoms with E-state index in [0.29, 0.717) is 0 Å². The first-order valence-electron chi connectivity index (χ1n) is 6.72. The molecule has 19 heavy (non-hydrogen) atoms. The monoisotopic (exact) mass is 263 g/mol. The molecule has 0 spiro atoms. The first-order valence-corrected chi connectivity index (χ1v) is 6.72. The third kappa shape index (κ3) is 2.49. The minimum Gasteiger partial charge on any atom is -0.399 e. The number of nitrogens with zero attached hydrogens (tertiary/aromatic N) is 1. The first-order chi connectivity index (χ1) is 8.64. The van der Waals surface area contributed by atoms with Gasteiger partial charge in [-0.1, -0.05) is 0 Å². The van der Waals surface area contributed by atoms with Crippen LogP contribution in [0.4, 0.5) is 0 Å². The van der Waals surface area contributed by atoms with Gasteiger partial charge in [0.05, 0.1) is 11.2 Å². The highest BCUT2D eigenvalue weighted by Crippen LogP contribution is 2.36. The third-order valence-corrected chi connectivity index (χ3v) is 4.05. The van der Waals surface area contributed by atoms with Crippen LogP contribution < -0.4 is 11.0 Å². The summed E-state index contributed by atoms with van der Waals surface area (Å²) in [5, 5.41) is 0.